The van der Waals surface area contributed by atoms with Crippen molar-refractivity contribution >= 4 is 25.1 Å². The number of methoxy groups -OCH3 is 1. The molecule has 2 unspecified atom stereocenters. The fourth-order valence-electron chi connectivity index (χ4n) is 1.30. The van der Waals surface area contributed by atoms with Gasteiger partial charge in [0.15, 0.2) is 0 Å². The SMILES string of the molecule is COC(=O)C(C)NP(C)(=O)Oc1ccc(Cl)cc1. The molecule has 100 valence electrons. The van der Waals surface area contributed by atoms with Crippen LogP contribution in [-0.4, -0.2) is 25.8 Å². The smallest absolute Gasteiger partial charge is 0.323 e. The van der Waals surface area contributed by atoms with Crippen molar-refractivity contribution < 1.29 is 18.6 Å². The van der Waals surface area contributed by atoms with E-state index in [4.69, 9.17) is 16.1 Å². The molecule has 7 heteroatoms. The van der Waals surface area contributed by atoms with Gasteiger partial charge in [-0.2, -0.15) is 0 Å². The van der Waals surface area contributed by atoms with Gasteiger partial charge in [-0.3, -0.25) is 9.36 Å². The van der Waals surface area contributed by atoms with Crippen molar-refractivity contribution in [2.24, 2.45) is 0 Å². The van der Waals surface area contributed by atoms with E-state index in [0.717, 1.165) is 0 Å². The average molecular weight is 292 g/mol. The highest BCUT2D eigenvalue weighted by atomic mass is 35.5. The maximum atomic E-state index is 12.1. The van der Waals surface area contributed by atoms with E-state index < -0.39 is 19.5 Å². The van der Waals surface area contributed by atoms with Gasteiger partial charge in [-0.15, -0.1) is 0 Å². The summed E-state index contributed by atoms with van der Waals surface area (Å²) in [5, 5.41) is 3.16. The van der Waals surface area contributed by atoms with Crippen LogP contribution in [0.15, 0.2) is 24.3 Å². The number of rotatable bonds is 5. The number of hydrogen-bond acceptors (Lipinski definition) is 4. The van der Waals surface area contributed by atoms with Crippen molar-refractivity contribution in [1.29, 1.82) is 0 Å². The molecule has 0 bridgehead atoms. The van der Waals surface area contributed by atoms with E-state index in [1.165, 1.54) is 13.8 Å². The van der Waals surface area contributed by atoms with E-state index in [1.807, 2.05) is 0 Å². The molecule has 0 aliphatic rings. The van der Waals surface area contributed by atoms with E-state index in [1.54, 1.807) is 31.2 Å². The Balaban J connectivity index is 2.67. The molecule has 1 rings (SSSR count). The number of carbonyl (C=O) groups excluding carboxylic acids is 1. The lowest BCUT2D eigenvalue weighted by atomic mass is 10.3. The Morgan fingerprint density at radius 3 is 2.44 bits per heavy atom. The van der Waals surface area contributed by atoms with Gasteiger partial charge in [0.05, 0.1) is 7.11 Å². The molecule has 0 fully saturated rings. The molecule has 1 N–H and O–H groups in total. The number of halogens is 1. The van der Waals surface area contributed by atoms with E-state index in [2.05, 4.69) is 9.82 Å². The minimum Gasteiger partial charge on any atom is -0.468 e. The predicted octanol–water partition coefficient (Wildman–Crippen LogP) is 2.69. The summed E-state index contributed by atoms with van der Waals surface area (Å²) >= 11 is 5.73. The predicted molar refractivity (Wildman–Crippen MR) is 70.2 cm³/mol. The molecular weight excluding hydrogens is 277 g/mol. The van der Waals surface area contributed by atoms with Crippen LogP contribution in [0.4, 0.5) is 0 Å². The van der Waals surface area contributed by atoms with Crippen molar-refractivity contribution in [3.8, 4) is 5.75 Å². The molecule has 0 heterocycles. The van der Waals surface area contributed by atoms with Crippen molar-refractivity contribution in [1.82, 2.24) is 5.09 Å². The number of benzene rings is 1. The number of nitrogens with one attached hydrogen (secondary N) is 1. The van der Waals surface area contributed by atoms with Gasteiger partial charge in [-0.1, -0.05) is 11.6 Å². The van der Waals surface area contributed by atoms with Crippen LogP contribution in [0.25, 0.3) is 0 Å². The van der Waals surface area contributed by atoms with Crippen LogP contribution >= 0.6 is 19.1 Å². The Morgan fingerprint density at radius 1 is 1.39 bits per heavy atom. The van der Waals surface area contributed by atoms with Crippen LogP contribution in [-0.2, 0) is 14.1 Å². The van der Waals surface area contributed by atoms with E-state index in [9.17, 15) is 9.36 Å². The molecule has 0 saturated heterocycles. The second kappa shape index (κ2) is 6.23. The van der Waals surface area contributed by atoms with Crippen LogP contribution in [0.2, 0.25) is 5.02 Å². The number of hydrogen-bond donors (Lipinski definition) is 1. The summed E-state index contributed by atoms with van der Waals surface area (Å²) in [6, 6.07) is 5.74. The second-order valence-electron chi connectivity index (χ2n) is 3.77. The lowest BCUT2D eigenvalue weighted by Gasteiger charge is -2.19. The molecular formula is C11H15ClNO4P. The quantitative estimate of drug-likeness (QED) is 0.667. The largest absolute Gasteiger partial charge is 0.468 e. The molecule has 1 aromatic carbocycles. The summed E-state index contributed by atoms with van der Waals surface area (Å²) in [5.74, 6) is -0.0911. The molecule has 0 radical (unpaired) electrons. The van der Waals surface area contributed by atoms with E-state index in [0.29, 0.717) is 10.8 Å². The maximum absolute atomic E-state index is 12.1. The Labute approximate surface area is 111 Å². The maximum Gasteiger partial charge on any atom is 0.323 e. The van der Waals surface area contributed by atoms with Gasteiger partial charge < -0.3 is 9.26 Å². The lowest BCUT2D eigenvalue weighted by Crippen LogP contribution is -2.33. The highest BCUT2D eigenvalue weighted by Gasteiger charge is 2.24. The van der Waals surface area contributed by atoms with Crippen LogP contribution in [0, 0.1) is 0 Å². The molecule has 0 saturated carbocycles. The third-order valence-electron chi connectivity index (χ3n) is 2.08. The number of esters is 1. The molecule has 0 aliphatic heterocycles. The number of carbonyl (C=O) groups is 1. The third kappa shape index (κ3) is 4.69. The van der Waals surface area contributed by atoms with Crippen molar-refractivity contribution in [3.05, 3.63) is 29.3 Å². The fraction of sp³-hybridized carbons (Fsp3) is 0.364. The molecule has 5 nitrogen and oxygen atoms in total. The summed E-state index contributed by atoms with van der Waals surface area (Å²) in [4.78, 5) is 11.2. The van der Waals surface area contributed by atoms with E-state index in [-0.39, 0.29) is 0 Å². The third-order valence-corrected chi connectivity index (χ3v) is 3.74. The Morgan fingerprint density at radius 2 is 1.94 bits per heavy atom. The molecule has 2 atom stereocenters. The highest BCUT2D eigenvalue weighted by molar-refractivity contribution is 7.56. The first-order valence-electron chi connectivity index (χ1n) is 5.22. The van der Waals surface area contributed by atoms with E-state index >= 15 is 0 Å². The Bertz CT molecular complexity index is 463. The van der Waals surface area contributed by atoms with Crippen LogP contribution in [0.1, 0.15) is 6.92 Å². The molecule has 1 aromatic rings. The van der Waals surface area contributed by atoms with Gasteiger partial charge in [-0.05, 0) is 31.2 Å². The standard InChI is InChI=1S/C11H15ClNO4P/c1-8(11(14)16-2)13-18(3,15)17-10-6-4-9(12)5-7-10/h4-8H,1-3H3,(H,13,15). The Kier molecular flexibility index (Phi) is 5.20. The zero-order valence-corrected chi connectivity index (χ0v) is 12.0. The first kappa shape index (κ1) is 15.0. The van der Waals surface area contributed by atoms with Crippen LogP contribution in [0.5, 0.6) is 5.75 Å². The molecule has 18 heavy (non-hydrogen) atoms. The van der Waals surface area contributed by atoms with Crippen LogP contribution in [0.3, 0.4) is 0 Å². The minimum absolute atomic E-state index is 0.412. The topological polar surface area (TPSA) is 64.6 Å². The Hall–Kier alpha value is -1.03. The molecule has 0 spiro atoms. The summed E-state index contributed by atoms with van der Waals surface area (Å²) in [6.07, 6.45) is 0. The lowest BCUT2D eigenvalue weighted by molar-refractivity contribution is -0.142. The van der Waals surface area contributed by atoms with Crippen molar-refractivity contribution in [3.63, 3.8) is 0 Å². The average Bonchev–Trinajstić information content (AvgIpc) is 2.30. The summed E-state index contributed by atoms with van der Waals surface area (Å²) in [6.45, 7) is 2.94. The van der Waals surface area contributed by atoms with Crippen LogP contribution < -0.4 is 9.61 Å². The van der Waals surface area contributed by atoms with Gasteiger partial charge in [0.25, 0.3) is 0 Å². The summed E-state index contributed by atoms with van der Waals surface area (Å²) < 4.78 is 22.0. The highest BCUT2D eigenvalue weighted by Crippen LogP contribution is 2.39. The van der Waals surface area contributed by atoms with Crippen molar-refractivity contribution in [2.75, 3.05) is 13.8 Å². The van der Waals surface area contributed by atoms with Gasteiger partial charge >= 0.3 is 13.5 Å². The molecule has 0 aliphatic carbocycles. The molecule has 0 amide bonds. The zero-order valence-electron chi connectivity index (χ0n) is 10.3. The van der Waals surface area contributed by atoms with Crippen molar-refractivity contribution in [2.45, 2.75) is 13.0 Å². The zero-order chi connectivity index (χ0) is 13.8. The summed E-state index contributed by atoms with van der Waals surface area (Å²) in [5.41, 5.74) is 0. The van der Waals surface area contributed by atoms with Gasteiger partial charge in [-0.25, -0.2) is 5.09 Å². The molecule has 0 aromatic heterocycles. The summed E-state index contributed by atoms with van der Waals surface area (Å²) in [7, 11) is -1.88. The first-order chi connectivity index (χ1) is 8.34. The number of ether oxygens (including phenoxy) is 1. The van der Waals surface area contributed by atoms with Gasteiger partial charge in [0.2, 0.25) is 0 Å². The normalized spacial score (nSPS) is 15.6. The van der Waals surface area contributed by atoms with Gasteiger partial charge in [0.1, 0.15) is 11.8 Å². The monoisotopic (exact) mass is 291 g/mol. The minimum atomic E-state index is -3.15. The van der Waals surface area contributed by atoms with Gasteiger partial charge in [0, 0.05) is 11.7 Å². The fourth-order valence-corrected chi connectivity index (χ4v) is 2.82. The second-order valence-corrected chi connectivity index (χ2v) is 6.33. The first-order valence-corrected chi connectivity index (χ1v) is 7.67.